The fraction of sp³-hybridized carbons (Fsp3) is 0.0952. The Morgan fingerprint density at radius 2 is 1.78 bits per heavy atom. The fourth-order valence-electron chi connectivity index (χ4n) is 2.85. The minimum atomic E-state index is 0.386. The molecule has 0 bridgehead atoms. The Morgan fingerprint density at radius 1 is 1.04 bits per heavy atom. The summed E-state index contributed by atoms with van der Waals surface area (Å²) in [6.07, 6.45) is 10.6. The molecule has 1 aliphatic carbocycles. The zero-order valence-electron chi connectivity index (χ0n) is 12.9. The van der Waals surface area contributed by atoms with E-state index in [1.165, 1.54) is 22.9 Å². The van der Waals surface area contributed by atoms with Gasteiger partial charge in [0.1, 0.15) is 0 Å². The maximum Gasteiger partial charge on any atom is 0.0402 e. The van der Waals surface area contributed by atoms with Crippen molar-refractivity contribution in [3.63, 3.8) is 0 Å². The Hall–Kier alpha value is -2.87. The first kappa shape index (κ1) is 15.0. The van der Waals surface area contributed by atoms with E-state index in [9.17, 15) is 0 Å². The molecule has 114 valence electrons. The SMILES string of the molecule is N=CC=C(N)c1ccc(C2C=C(c3ccccc3)C=CC2)cc1. The number of hydrogen-bond acceptors (Lipinski definition) is 2. The highest BCUT2D eigenvalue weighted by atomic mass is 14.6. The summed E-state index contributed by atoms with van der Waals surface area (Å²) in [5.74, 6) is 0.386. The predicted octanol–water partition coefficient (Wildman–Crippen LogP) is 4.76. The van der Waals surface area contributed by atoms with E-state index in [0.717, 1.165) is 12.0 Å². The van der Waals surface area contributed by atoms with E-state index < -0.39 is 0 Å². The van der Waals surface area contributed by atoms with Gasteiger partial charge in [0.15, 0.2) is 0 Å². The van der Waals surface area contributed by atoms with Crippen LogP contribution in [0.3, 0.4) is 0 Å². The molecule has 0 saturated heterocycles. The van der Waals surface area contributed by atoms with Gasteiger partial charge in [-0.05, 0) is 34.8 Å². The highest BCUT2D eigenvalue weighted by Gasteiger charge is 2.12. The van der Waals surface area contributed by atoms with Crippen molar-refractivity contribution in [2.24, 2.45) is 5.73 Å². The molecule has 23 heavy (non-hydrogen) atoms. The molecule has 2 nitrogen and oxygen atoms in total. The Morgan fingerprint density at radius 3 is 2.48 bits per heavy atom. The van der Waals surface area contributed by atoms with Gasteiger partial charge in [0.2, 0.25) is 0 Å². The number of nitrogens with one attached hydrogen (secondary N) is 1. The third kappa shape index (κ3) is 3.49. The number of hydrogen-bond donors (Lipinski definition) is 2. The van der Waals surface area contributed by atoms with Gasteiger partial charge >= 0.3 is 0 Å². The van der Waals surface area contributed by atoms with Crippen LogP contribution in [0, 0.1) is 5.41 Å². The molecule has 2 aromatic rings. The van der Waals surface area contributed by atoms with Gasteiger partial charge < -0.3 is 11.1 Å². The Bertz CT molecular complexity index is 765. The van der Waals surface area contributed by atoms with Crippen molar-refractivity contribution >= 4 is 17.5 Å². The second-order valence-corrected chi connectivity index (χ2v) is 5.64. The van der Waals surface area contributed by atoms with Gasteiger partial charge in [-0.1, -0.05) is 72.8 Å². The zero-order chi connectivity index (χ0) is 16.1. The quantitative estimate of drug-likeness (QED) is 0.786. The Kier molecular flexibility index (Phi) is 4.53. The van der Waals surface area contributed by atoms with Gasteiger partial charge in [-0.3, -0.25) is 0 Å². The number of allylic oxidation sites excluding steroid dienone is 5. The molecule has 0 saturated carbocycles. The standard InChI is InChI=1S/C21H20N2/c22-14-13-21(23)18-11-9-17(10-12-18)20-8-4-7-19(15-20)16-5-2-1-3-6-16/h1-7,9-15,20,22H,8,23H2. The van der Waals surface area contributed by atoms with Crippen LogP contribution in [0.1, 0.15) is 29.0 Å². The van der Waals surface area contributed by atoms with Crippen molar-refractivity contribution in [3.8, 4) is 0 Å². The van der Waals surface area contributed by atoms with Crippen molar-refractivity contribution in [1.82, 2.24) is 0 Å². The van der Waals surface area contributed by atoms with Crippen LogP contribution >= 0.6 is 0 Å². The van der Waals surface area contributed by atoms with Crippen LogP contribution in [-0.2, 0) is 0 Å². The molecule has 0 spiro atoms. The second kappa shape index (κ2) is 6.93. The summed E-state index contributed by atoms with van der Waals surface area (Å²) in [7, 11) is 0. The molecule has 2 aromatic carbocycles. The summed E-state index contributed by atoms with van der Waals surface area (Å²) in [5.41, 5.74) is 11.3. The summed E-state index contributed by atoms with van der Waals surface area (Å²) in [4.78, 5) is 0. The molecule has 0 heterocycles. The van der Waals surface area contributed by atoms with Crippen molar-refractivity contribution in [3.05, 3.63) is 95.6 Å². The number of nitrogens with two attached hydrogens (primary N) is 1. The molecule has 0 aromatic heterocycles. The molecule has 0 radical (unpaired) electrons. The summed E-state index contributed by atoms with van der Waals surface area (Å²) in [5, 5.41) is 7.09. The molecule has 1 aliphatic rings. The minimum Gasteiger partial charge on any atom is -0.398 e. The summed E-state index contributed by atoms with van der Waals surface area (Å²) >= 11 is 0. The van der Waals surface area contributed by atoms with E-state index in [-0.39, 0.29) is 0 Å². The smallest absolute Gasteiger partial charge is 0.0402 e. The Labute approximate surface area is 137 Å². The molecule has 0 amide bonds. The molecule has 2 heteroatoms. The third-order valence-corrected chi connectivity index (χ3v) is 4.11. The lowest BCUT2D eigenvalue weighted by Gasteiger charge is -2.18. The van der Waals surface area contributed by atoms with E-state index in [0.29, 0.717) is 11.6 Å². The maximum atomic E-state index is 7.09. The molecule has 1 unspecified atom stereocenters. The maximum absolute atomic E-state index is 7.09. The average Bonchev–Trinajstić information content (AvgIpc) is 2.63. The van der Waals surface area contributed by atoms with Crippen molar-refractivity contribution in [2.75, 3.05) is 0 Å². The predicted molar refractivity (Wildman–Crippen MR) is 98.3 cm³/mol. The van der Waals surface area contributed by atoms with Crippen LogP contribution in [0.4, 0.5) is 0 Å². The van der Waals surface area contributed by atoms with Crippen LogP contribution < -0.4 is 5.73 Å². The Balaban J connectivity index is 1.85. The summed E-state index contributed by atoms with van der Waals surface area (Å²) < 4.78 is 0. The van der Waals surface area contributed by atoms with Crippen LogP contribution in [0.2, 0.25) is 0 Å². The van der Waals surface area contributed by atoms with E-state index in [2.05, 4.69) is 54.6 Å². The molecule has 0 fully saturated rings. The number of rotatable bonds is 4. The van der Waals surface area contributed by atoms with Crippen molar-refractivity contribution in [2.45, 2.75) is 12.3 Å². The topological polar surface area (TPSA) is 49.9 Å². The lowest BCUT2D eigenvalue weighted by molar-refractivity contribution is 0.857. The largest absolute Gasteiger partial charge is 0.398 e. The van der Waals surface area contributed by atoms with E-state index in [4.69, 9.17) is 11.1 Å². The fourth-order valence-corrected chi connectivity index (χ4v) is 2.85. The van der Waals surface area contributed by atoms with Gasteiger partial charge in [0, 0.05) is 17.8 Å². The second-order valence-electron chi connectivity index (χ2n) is 5.64. The third-order valence-electron chi connectivity index (χ3n) is 4.11. The van der Waals surface area contributed by atoms with E-state index in [1.807, 2.05) is 18.2 Å². The van der Waals surface area contributed by atoms with Crippen LogP contribution in [0.15, 0.2) is 78.9 Å². The zero-order valence-corrected chi connectivity index (χ0v) is 12.9. The van der Waals surface area contributed by atoms with Gasteiger partial charge in [-0.25, -0.2) is 0 Å². The molecular weight excluding hydrogens is 280 g/mol. The lowest BCUT2D eigenvalue weighted by Crippen LogP contribution is -2.01. The monoisotopic (exact) mass is 300 g/mol. The van der Waals surface area contributed by atoms with Crippen LogP contribution in [-0.4, -0.2) is 6.21 Å². The normalized spacial score (nSPS) is 17.7. The van der Waals surface area contributed by atoms with Gasteiger partial charge in [-0.2, -0.15) is 0 Å². The first-order valence-corrected chi connectivity index (χ1v) is 7.78. The van der Waals surface area contributed by atoms with E-state index in [1.54, 1.807) is 6.08 Å². The lowest BCUT2D eigenvalue weighted by atomic mass is 9.87. The van der Waals surface area contributed by atoms with Crippen LogP contribution in [0.5, 0.6) is 0 Å². The van der Waals surface area contributed by atoms with Gasteiger partial charge in [0.25, 0.3) is 0 Å². The molecule has 1 atom stereocenters. The number of benzene rings is 2. The minimum absolute atomic E-state index is 0.386. The average molecular weight is 300 g/mol. The van der Waals surface area contributed by atoms with Crippen molar-refractivity contribution < 1.29 is 0 Å². The first-order chi connectivity index (χ1) is 11.3. The van der Waals surface area contributed by atoms with Gasteiger partial charge in [0.05, 0.1) is 0 Å². The molecule has 3 rings (SSSR count). The molecular formula is C21H20N2. The highest BCUT2D eigenvalue weighted by Crippen LogP contribution is 2.31. The highest BCUT2D eigenvalue weighted by molar-refractivity contribution is 5.81. The van der Waals surface area contributed by atoms with Crippen molar-refractivity contribution in [1.29, 1.82) is 5.41 Å². The molecule has 3 N–H and O–H groups in total. The summed E-state index contributed by atoms with van der Waals surface area (Å²) in [6, 6.07) is 18.8. The molecule has 0 aliphatic heterocycles. The van der Waals surface area contributed by atoms with E-state index >= 15 is 0 Å². The van der Waals surface area contributed by atoms with Crippen LogP contribution in [0.25, 0.3) is 11.3 Å². The van der Waals surface area contributed by atoms with Gasteiger partial charge in [-0.15, -0.1) is 0 Å². The first-order valence-electron chi connectivity index (χ1n) is 7.78. The summed E-state index contributed by atoms with van der Waals surface area (Å²) in [6.45, 7) is 0.